The molecule has 7 heteroatoms. The van der Waals surface area contributed by atoms with Crippen LogP contribution in [0.2, 0.25) is 0 Å². The molecule has 0 radical (unpaired) electrons. The Morgan fingerprint density at radius 3 is 2.50 bits per heavy atom. The number of fused-ring (bicyclic) bond motifs is 2. The van der Waals surface area contributed by atoms with Gasteiger partial charge in [0.2, 0.25) is 5.76 Å². The van der Waals surface area contributed by atoms with Crippen molar-refractivity contribution in [3.63, 3.8) is 0 Å². The first-order valence-corrected chi connectivity index (χ1v) is 8.61. The fourth-order valence-corrected chi connectivity index (χ4v) is 2.91. The quantitative estimate of drug-likeness (QED) is 0.427. The zero-order valence-electron chi connectivity index (χ0n) is 14.9. The van der Waals surface area contributed by atoms with Gasteiger partial charge in [-0.3, -0.25) is 4.79 Å². The average Bonchev–Trinajstić information content (AvgIpc) is 3.06. The van der Waals surface area contributed by atoms with E-state index in [1.165, 1.54) is 6.07 Å². The maximum atomic E-state index is 12.8. The summed E-state index contributed by atoms with van der Waals surface area (Å²) in [6.07, 6.45) is 0. The number of esters is 1. The number of carbonyl (C=O) groups excluding carboxylic acids is 2. The van der Waals surface area contributed by atoms with Crippen LogP contribution in [0.4, 0.5) is 5.69 Å². The fraction of sp³-hybridized carbons (Fsp3) is 0.0952. The first kappa shape index (κ1) is 17.5. The second-order valence-electron chi connectivity index (χ2n) is 5.96. The number of anilines is 1. The molecule has 140 valence electrons. The molecule has 2 aromatic heterocycles. The predicted octanol–water partition coefficient (Wildman–Crippen LogP) is 3.97. The Bertz CT molecular complexity index is 1270. The van der Waals surface area contributed by atoms with Gasteiger partial charge in [0.25, 0.3) is 5.91 Å². The summed E-state index contributed by atoms with van der Waals surface area (Å²) in [4.78, 5) is 37.3. The Morgan fingerprint density at radius 1 is 1.00 bits per heavy atom. The molecular weight excluding hydrogens is 362 g/mol. The minimum Gasteiger partial charge on any atom is -0.460 e. The van der Waals surface area contributed by atoms with Crippen molar-refractivity contribution < 1.29 is 23.2 Å². The lowest BCUT2D eigenvalue weighted by Gasteiger charge is -2.06. The molecule has 0 bridgehead atoms. The summed E-state index contributed by atoms with van der Waals surface area (Å²) in [6.45, 7) is 1.82. The second-order valence-corrected chi connectivity index (χ2v) is 5.96. The summed E-state index contributed by atoms with van der Waals surface area (Å²) < 4.78 is 15.8. The van der Waals surface area contributed by atoms with Gasteiger partial charge in [0.15, 0.2) is 0 Å². The summed E-state index contributed by atoms with van der Waals surface area (Å²) in [5.74, 6) is -1.56. The van der Waals surface area contributed by atoms with Crippen LogP contribution in [0.3, 0.4) is 0 Å². The lowest BCUT2D eigenvalue weighted by molar-refractivity contribution is 0.0494. The molecule has 4 rings (SSSR count). The third-order valence-electron chi connectivity index (χ3n) is 4.18. The van der Waals surface area contributed by atoms with E-state index in [1.54, 1.807) is 55.5 Å². The van der Waals surface area contributed by atoms with Crippen molar-refractivity contribution in [2.24, 2.45) is 0 Å². The Kier molecular flexibility index (Phi) is 4.41. The number of para-hydroxylation sites is 2. The molecule has 1 amide bonds. The van der Waals surface area contributed by atoms with E-state index in [4.69, 9.17) is 13.6 Å². The van der Waals surface area contributed by atoms with Crippen molar-refractivity contribution in [2.75, 3.05) is 11.9 Å². The van der Waals surface area contributed by atoms with Crippen LogP contribution in [0.1, 0.15) is 27.8 Å². The van der Waals surface area contributed by atoms with Crippen molar-refractivity contribution in [1.82, 2.24) is 0 Å². The standard InChI is InChI=1S/C21H15NO6/c1-2-26-21(25)18-17(13-8-4-6-10-16(13)27-18)22-19(23)14-11-12-7-3-5-9-15(12)28-20(14)24/h3-11H,2H2,1H3,(H,22,23). The molecule has 7 nitrogen and oxygen atoms in total. The van der Waals surface area contributed by atoms with Gasteiger partial charge >= 0.3 is 11.6 Å². The van der Waals surface area contributed by atoms with Crippen molar-refractivity contribution in [1.29, 1.82) is 0 Å². The number of furan rings is 1. The molecule has 0 aliphatic carbocycles. The second kappa shape index (κ2) is 7.03. The third-order valence-corrected chi connectivity index (χ3v) is 4.18. The lowest BCUT2D eigenvalue weighted by atomic mass is 10.1. The van der Waals surface area contributed by atoms with Crippen LogP contribution < -0.4 is 10.9 Å². The van der Waals surface area contributed by atoms with E-state index in [0.717, 1.165) is 0 Å². The number of amides is 1. The van der Waals surface area contributed by atoms with Gasteiger partial charge in [0.1, 0.15) is 22.4 Å². The highest BCUT2D eigenvalue weighted by Crippen LogP contribution is 2.31. The van der Waals surface area contributed by atoms with Crippen LogP contribution in [0.25, 0.3) is 21.9 Å². The van der Waals surface area contributed by atoms with E-state index in [1.807, 2.05) is 0 Å². The van der Waals surface area contributed by atoms with Crippen LogP contribution in [0.15, 0.2) is 68.2 Å². The highest BCUT2D eigenvalue weighted by atomic mass is 16.5. The first-order chi connectivity index (χ1) is 13.6. The normalized spacial score (nSPS) is 10.9. The minimum atomic E-state index is -0.776. The Morgan fingerprint density at radius 2 is 1.71 bits per heavy atom. The molecule has 0 saturated heterocycles. The van der Waals surface area contributed by atoms with Crippen LogP contribution >= 0.6 is 0 Å². The molecule has 1 N–H and O–H groups in total. The van der Waals surface area contributed by atoms with E-state index in [9.17, 15) is 14.4 Å². The van der Waals surface area contributed by atoms with Gasteiger partial charge in [-0.15, -0.1) is 0 Å². The van der Waals surface area contributed by atoms with E-state index in [0.29, 0.717) is 21.9 Å². The van der Waals surface area contributed by atoms with Gasteiger partial charge < -0.3 is 18.9 Å². The van der Waals surface area contributed by atoms with Gasteiger partial charge in [0, 0.05) is 10.8 Å². The van der Waals surface area contributed by atoms with E-state index < -0.39 is 17.5 Å². The average molecular weight is 377 g/mol. The smallest absolute Gasteiger partial charge is 0.376 e. The highest BCUT2D eigenvalue weighted by molar-refractivity contribution is 6.13. The van der Waals surface area contributed by atoms with Gasteiger partial charge in [-0.25, -0.2) is 9.59 Å². The summed E-state index contributed by atoms with van der Waals surface area (Å²) in [5.41, 5.74) is -0.0245. The van der Waals surface area contributed by atoms with Gasteiger partial charge in [-0.2, -0.15) is 0 Å². The molecule has 0 unspecified atom stereocenters. The molecule has 4 aromatic rings. The number of hydrogen-bond donors (Lipinski definition) is 1. The minimum absolute atomic E-state index is 0.137. The summed E-state index contributed by atoms with van der Waals surface area (Å²) >= 11 is 0. The van der Waals surface area contributed by atoms with Gasteiger partial charge in [-0.1, -0.05) is 30.3 Å². The van der Waals surface area contributed by atoms with E-state index in [2.05, 4.69) is 5.32 Å². The predicted molar refractivity (Wildman–Crippen MR) is 103 cm³/mol. The Labute approximate surface area is 158 Å². The van der Waals surface area contributed by atoms with Gasteiger partial charge in [-0.05, 0) is 31.2 Å². The van der Waals surface area contributed by atoms with E-state index in [-0.39, 0.29) is 23.6 Å². The molecule has 0 aliphatic rings. The molecule has 28 heavy (non-hydrogen) atoms. The zero-order valence-corrected chi connectivity index (χ0v) is 14.9. The molecule has 2 aromatic carbocycles. The third kappa shape index (κ3) is 3.03. The van der Waals surface area contributed by atoms with Crippen molar-refractivity contribution in [3.05, 3.63) is 76.3 Å². The van der Waals surface area contributed by atoms with Crippen molar-refractivity contribution in [3.8, 4) is 0 Å². The van der Waals surface area contributed by atoms with Crippen LogP contribution in [-0.2, 0) is 4.74 Å². The van der Waals surface area contributed by atoms with Crippen LogP contribution in [-0.4, -0.2) is 18.5 Å². The Balaban J connectivity index is 1.78. The number of ether oxygens (including phenoxy) is 1. The Hall–Kier alpha value is -3.87. The maximum absolute atomic E-state index is 12.8. The van der Waals surface area contributed by atoms with Crippen LogP contribution in [0.5, 0.6) is 0 Å². The number of hydrogen-bond acceptors (Lipinski definition) is 6. The first-order valence-electron chi connectivity index (χ1n) is 8.61. The monoisotopic (exact) mass is 377 g/mol. The molecule has 0 saturated carbocycles. The lowest BCUT2D eigenvalue weighted by Crippen LogP contribution is -2.21. The summed E-state index contributed by atoms with van der Waals surface area (Å²) in [5, 5.41) is 3.73. The topological polar surface area (TPSA) is 98.8 Å². The molecular formula is C21H15NO6. The molecule has 2 heterocycles. The number of carbonyl (C=O) groups is 2. The molecule has 0 fully saturated rings. The number of rotatable bonds is 4. The largest absolute Gasteiger partial charge is 0.460 e. The van der Waals surface area contributed by atoms with Crippen LogP contribution in [0, 0.1) is 0 Å². The SMILES string of the molecule is CCOC(=O)c1oc2ccccc2c1NC(=O)c1cc2ccccc2oc1=O. The number of benzene rings is 2. The number of nitrogens with one attached hydrogen (secondary N) is 1. The molecule has 0 aliphatic heterocycles. The van der Waals surface area contributed by atoms with Gasteiger partial charge in [0.05, 0.1) is 6.61 Å². The zero-order chi connectivity index (χ0) is 19.7. The van der Waals surface area contributed by atoms with Crippen molar-refractivity contribution in [2.45, 2.75) is 6.92 Å². The van der Waals surface area contributed by atoms with Crippen molar-refractivity contribution >= 4 is 39.5 Å². The highest BCUT2D eigenvalue weighted by Gasteiger charge is 2.24. The van der Waals surface area contributed by atoms with E-state index >= 15 is 0 Å². The summed E-state index contributed by atoms with van der Waals surface area (Å²) in [6, 6.07) is 15.2. The fourth-order valence-electron chi connectivity index (χ4n) is 2.91. The maximum Gasteiger partial charge on any atom is 0.376 e. The molecule has 0 atom stereocenters. The summed E-state index contributed by atoms with van der Waals surface area (Å²) in [7, 11) is 0. The molecule has 0 spiro atoms.